The first-order valence-electron chi connectivity index (χ1n) is 3.60. The molecule has 1 unspecified atom stereocenters. The molecule has 1 aromatic rings. The van der Waals surface area contributed by atoms with Crippen molar-refractivity contribution >= 4 is 22.8 Å². The van der Waals surface area contributed by atoms with Gasteiger partial charge < -0.3 is 4.55 Å². The van der Waals surface area contributed by atoms with Gasteiger partial charge in [-0.25, -0.2) is 0 Å². The largest absolute Gasteiger partial charge is 1.00 e. The van der Waals surface area contributed by atoms with Crippen molar-refractivity contribution < 1.29 is 43.2 Å². The summed E-state index contributed by atoms with van der Waals surface area (Å²) in [5, 5.41) is 11.2. The van der Waals surface area contributed by atoms with Gasteiger partial charge in [0, 0.05) is 12.1 Å². The maximum absolute atomic E-state index is 10.3. The summed E-state index contributed by atoms with van der Waals surface area (Å²) >= 11 is -2.24. The van der Waals surface area contributed by atoms with Gasteiger partial charge in [-0.3, -0.25) is 14.3 Å². The van der Waals surface area contributed by atoms with Crippen LogP contribution in [0.1, 0.15) is 5.56 Å². The van der Waals surface area contributed by atoms with Crippen LogP contribution in [0.3, 0.4) is 0 Å². The van der Waals surface area contributed by atoms with E-state index in [-0.39, 0.29) is 35.2 Å². The van der Waals surface area contributed by atoms with Crippen LogP contribution in [0, 0.1) is 10.1 Å². The topological polar surface area (TPSA) is 83.3 Å². The van der Waals surface area contributed by atoms with Crippen molar-refractivity contribution in [2.75, 3.05) is 0 Å². The molecule has 0 aliphatic heterocycles. The Balaban J connectivity index is 0.00000196. The van der Waals surface area contributed by atoms with E-state index in [0.717, 1.165) is 5.41 Å². The van der Waals surface area contributed by atoms with Crippen molar-refractivity contribution in [2.45, 2.75) is 0 Å². The normalized spacial score (nSPS) is 12.1. The standard InChI is InChI=1S/C8H7NO4S.Na/c10-9(11)8-3-1-7(2-4-8)5-6-14(12)13;/h1-6H,(H,12,13);/q;+1/p-1/b6-5+;. The van der Waals surface area contributed by atoms with Crippen LogP contribution < -0.4 is 29.6 Å². The number of non-ortho nitro benzene ring substituents is 1. The third kappa shape index (κ3) is 5.19. The van der Waals surface area contributed by atoms with E-state index in [4.69, 9.17) is 0 Å². The van der Waals surface area contributed by atoms with E-state index in [1.807, 2.05) is 0 Å². The predicted octanol–water partition coefficient (Wildman–Crippen LogP) is -1.55. The fraction of sp³-hybridized carbons (Fsp3) is 0. The fourth-order valence-electron chi connectivity index (χ4n) is 0.841. The van der Waals surface area contributed by atoms with Gasteiger partial charge in [-0.1, -0.05) is 0 Å². The molecule has 1 aromatic carbocycles. The van der Waals surface area contributed by atoms with Crippen LogP contribution in [0.5, 0.6) is 0 Å². The van der Waals surface area contributed by atoms with Crippen LogP contribution in [0.25, 0.3) is 6.08 Å². The third-order valence-corrected chi connectivity index (χ3v) is 1.83. The summed E-state index contributed by atoms with van der Waals surface area (Å²) in [6, 6.07) is 5.57. The van der Waals surface area contributed by atoms with Gasteiger partial charge in [0.15, 0.2) is 0 Å². The van der Waals surface area contributed by atoms with Crippen LogP contribution in [0.2, 0.25) is 0 Å². The maximum atomic E-state index is 10.3. The van der Waals surface area contributed by atoms with Gasteiger partial charge in [-0.15, -0.1) is 0 Å². The monoisotopic (exact) mass is 235 g/mol. The summed E-state index contributed by atoms with van der Waals surface area (Å²) in [7, 11) is 0. The SMILES string of the molecule is O=[N+]([O-])c1ccc(/C=C/S(=O)[O-])cc1.[Na+]. The average molecular weight is 235 g/mol. The Kier molecular flexibility index (Phi) is 6.62. The summed E-state index contributed by atoms with van der Waals surface area (Å²) in [6.07, 6.45) is 1.35. The van der Waals surface area contributed by atoms with Gasteiger partial charge in [-0.2, -0.15) is 0 Å². The molecular formula is C8H6NNaO4S. The van der Waals surface area contributed by atoms with Crippen molar-refractivity contribution in [3.63, 3.8) is 0 Å². The van der Waals surface area contributed by atoms with Crippen LogP contribution >= 0.6 is 0 Å². The quantitative estimate of drug-likeness (QED) is 0.275. The summed E-state index contributed by atoms with van der Waals surface area (Å²) in [5.41, 5.74) is 0.574. The molecule has 0 saturated carbocycles. The first kappa shape index (κ1) is 14.5. The minimum Gasteiger partial charge on any atom is -0.769 e. The number of nitrogens with zero attached hydrogens (tertiary/aromatic N) is 1. The molecule has 0 bridgehead atoms. The zero-order chi connectivity index (χ0) is 10.6. The second-order valence-corrected chi connectivity index (χ2v) is 3.21. The van der Waals surface area contributed by atoms with Gasteiger partial charge >= 0.3 is 29.6 Å². The van der Waals surface area contributed by atoms with E-state index in [1.54, 1.807) is 0 Å². The van der Waals surface area contributed by atoms with E-state index in [9.17, 15) is 18.9 Å². The van der Waals surface area contributed by atoms with Crippen molar-refractivity contribution in [1.29, 1.82) is 0 Å². The Morgan fingerprint density at radius 3 is 2.20 bits per heavy atom. The van der Waals surface area contributed by atoms with Gasteiger partial charge in [-0.05, 0) is 40.3 Å². The maximum Gasteiger partial charge on any atom is 1.00 e. The van der Waals surface area contributed by atoms with E-state index < -0.39 is 16.0 Å². The van der Waals surface area contributed by atoms with Crippen LogP contribution in [-0.2, 0) is 11.1 Å². The van der Waals surface area contributed by atoms with Crippen LogP contribution in [0.15, 0.2) is 29.7 Å². The Morgan fingerprint density at radius 1 is 1.27 bits per heavy atom. The number of nitro benzene ring substituents is 1. The first-order valence-corrected chi connectivity index (χ1v) is 4.74. The van der Waals surface area contributed by atoms with Crippen LogP contribution in [-0.4, -0.2) is 13.7 Å². The molecule has 0 heterocycles. The molecule has 5 nitrogen and oxygen atoms in total. The molecule has 1 rings (SSSR count). The number of rotatable bonds is 3. The third-order valence-electron chi connectivity index (χ3n) is 1.48. The van der Waals surface area contributed by atoms with Crippen molar-refractivity contribution in [2.24, 2.45) is 0 Å². The van der Waals surface area contributed by atoms with Crippen molar-refractivity contribution in [3.05, 3.63) is 45.4 Å². The molecule has 0 fully saturated rings. The molecule has 0 N–H and O–H groups in total. The Morgan fingerprint density at radius 2 is 1.80 bits per heavy atom. The van der Waals surface area contributed by atoms with Gasteiger partial charge in [0.2, 0.25) is 0 Å². The first-order chi connectivity index (χ1) is 6.59. The van der Waals surface area contributed by atoms with E-state index in [0.29, 0.717) is 5.56 Å². The molecule has 0 spiro atoms. The van der Waals surface area contributed by atoms with E-state index >= 15 is 0 Å². The molecule has 0 saturated heterocycles. The Hall–Kier alpha value is -0.530. The van der Waals surface area contributed by atoms with Gasteiger partial charge in [0.05, 0.1) is 4.92 Å². The number of benzene rings is 1. The number of hydrogen-bond donors (Lipinski definition) is 0. The molecule has 7 heteroatoms. The zero-order valence-corrected chi connectivity index (χ0v) is 10.8. The van der Waals surface area contributed by atoms with E-state index in [2.05, 4.69) is 0 Å². The van der Waals surface area contributed by atoms with Gasteiger partial charge in [0.1, 0.15) is 0 Å². The molecule has 15 heavy (non-hydrogen) atoms. The molecular weight excluding hydrogens is 229 g/mol. The summed E-state index contributed by atoms with van der Waals surface area (Å²) in [5.74, 6) is 0. The van der Waals surface area contributed by atoms with E-state index in [1.165, 1.54) is 30.3 Å². The van der Waals surface area contributed by atoms with Gasteiger partial charge in [0.25, 0.3) is 5.69 Å². The molecule has 0 aromatic heterocycles. The summed E-state index contributed by atoms with van der Waals surface area (Å²) in [4.78, 5) is 9.75. The average Bonchev–Trinajstić information content (AvgIpc) is 2.15. The molecule has 0 aliphatic carbocycles. The zero-order valence-electron chi connectivity index (χ0n) is 7.95. The Labute approximate surface area is 111 Å². The number of hydrogen-bond acceptors (Lipinski definition) is 4. The molecule has 0 amide bonds. The van der Waals surface area contributed by atoms with Crippen LogP contribution in [0.4, 0.5) is 5.69 Å². The van der Waals surface area contributed by atoms with Crippen molar-refractivity contribution in [1.82, 2.24) is 0 Å². The second-order valence-electron chi connectivity index (χ2n) is 2.41. The second kappa shape index (κ2) is 6.86. The molecule has 0 radical (unpaired) electrons. The minimum atomic E-state index is -2.24. The Bertz CT molecular complexity index is 390. The smallest absolute Gasteiger partial charge is 0.769 e. The molecule has 0 aliphatic rings. The van der Waals surface area contributed by atoms with Crippen molar-refractivity contribution in [3.8, 4) is 0 Å². The molecule has 74 valence electrons. The summed E-state index contributed by atoms with van der Waals surface area (Å²) in [6.45, 7) is 0. The summed E-state index contributed by atoms with van der Waals surface area (Å²) < 4.78 is 20.3. The minimum absolute atomic E-state index is 0. The fourth-order valence-corrected chi connectivity index (χ4v) is 1.11. The predicted molar refractivity (Wildman–Crippen MR) is 51.1 cm³/mol. The number of nitro groups is 1. The molecule has 1 atom stereocenters.